The highest BCUT2D eigenvalue weighted by Crippen LogP contribution is 2.22. The summed E-state index contributed by atoms with van der Waals surface area (Å²) in [5, 5.41) is 5.91. The van der Waals surface area contributed by atoms with Gasteiger partial charge in [-0.1, -0.05) is 0 Å². The van der Waals surface area contributed by atoms with Crippen LogP contribution in [0.1, 0.15) is 15.2 Å². The van der Waals surface area contributed by atoms with Crippen LogP contribution in [0.25, 0.3) is 0 Å². The minimum Gasteiger partial charge on any atom is -0.380 e. The van der Waals surface area contributed by atoms with E-state index in [1.807, 2.05) is 30.3 Å². The summed E-state index contributed by atoms with van der Waals surface area (Å²) in [6.45, 7) is 0.787. The SMILES string of the molecule is CNC(=O)c1ccc(NCc2ccc(Br)s2)cc1. The fourth-order valence-electron chi connectivity index (χ4n) is 1.52. The lowest BCUT2D eigenvalue weighted by molar-refractivity contribution is 0.0963. The molecule has 0 saturated heterocycles. The third-order valence-corrected chi connectivity index (χ3v) is 4.09. The fourth-order valence-corrected chi connectivity index (χ4v) is 2.94. The predicted octanol–water partition coefficient (Wildman–Crippen LogP) is 3.48. The van der Waals surface area contributed by atoms with Crippen molar-refractivity contribution in [2.75, 3.05) is 12.4 Å². The van der Waals surface area contributed by atoms with Crippen LogP contribution in [0.5, 0.6) is 0 Å². The normalized spacial score (nSPS) is 10.1. The van der Waals surface area contributed by atoms with Gasteiger partial charge in [-0.25, -0.2) is 0 Å². The number of halogens is 1. The van der Waals surface area contributed by atoms with E-state index in [1.54, 1.807) is 18.4 Å². The number of benzene rings is 1. The lowest BCUT2D eigenvalue weighted by Gasteiger charge is -2.05. The van der Waals surface area contributed by atoms with Crippen LogP contribution in [0.2, 0.25) is 0 Å². The van der Waals surface area contributed by atoms with Crippen molar-refractivity contribution in [3.8, 4) is 0 Å². The summed E-state index contributed by atoms with van der Waals surface area (Å²) < 4.78 is 1.13. The molecule has 5 heteroatoms. The molecule has 18 heavy (non-hydrogen) atoms. The Kier molecular flexibility index (Phi) is 4.38. The maximum Gasteiger partial charge on any atom is 0.251 e. The highest BCUT2D eigenvalue weighted by atomic mass is 79.9. The van der Waals surface area contributed by atoms with Gasteiger partial charge in [-0.3, -0.25) is 4.79 Å². The van der Waals surface area contributed by atoms with Gasteiger partial charge in [-0.2, -0.15) is 0 Å². The van der Waals surface area contributed by atoms with Crippen molar-refractivity contribution in [1.29, 1.82) is 0 Å². The van der Waals surface area contributed by atoms with Crippen molar-refractivity contribution < 1.29 is 4.79 Å². The molecule has 3 nitrogen and oxygen atoms in total. The van der Waals surface area contributed by atoms with Crippen LogP contribution in [0, 0.1) is 0 Å². The van der Waals surface area contributed by atoms with Gasteiger partial charge in [0.05, 0.1) is 3.79 Å². The molecule has 0 bridgehead atoms. The van der Waals surface area contributed by atoms with E-state index in [0.717, 1.165) is 16.0 Å². The van der Waals surface area contributed by atoms with Crippen LogP contribution in [0.15, 0.2) is 40.2 Å². The second-order valence-electron chi connectivity index (χ2n) is 3.72. The van der Waals surface area contributed by atoms with E-state index in [0.29, 0.717) is 5.56 Å². The van der Waals surface area contributed by atoms with E-state index in [2.05, 4.69) is 32.6 Å². The van der Waals surface area contributed by atoms with Crippen LogP contribution in [-0.2, 0) is 6.54 Å². The van der Waals surface area contributed by atoms with Crippen molar-refractivity contribution in [2.45, 2.75) is 6.54 Å². The predicted molar refractivity (Wildman–Crippen MR) is 79.2 cm³/mol. The Hall–Kier alpha value is -1.33. The van der Waals surface area contributed by atoms with Gasteiger partial charge in [0.25, 0.3) is 5.91 Å². The minimum absolute atomic E-state index is 0.0660. The molecule has 94 valence electrons. The Morgan fingerprint density at radius 1 is 1.22 bits per heavy atom. The van der Waals surface area contributed by atoms with Crippen molar-refractivity contribution in [1.82, 2.24) is 5.32 Å². The number of hydrogen-bond acceptors (Lipinski definition) is 3. The first kappa shape index (κ1) is 13.1. The first-order valence-corrected chi connectivity index (χ1v) is 7.10. The Bertz CT molecular complexity index is 536. The van der Waals surface area contributed by atoms with Crippen LogP contribution in [0.3, 0.4) is 0 Å². The van der Waals surface area contributed by atoms with Gasteiger partial charge < -0.3 is 10.6 Å². The number of thiophene rings is 1. The summed E-state index contributed by atoms with van der Waals surface area (Å²) in [4.78, 5) is 12.6. The topological polar surface area (TPSA) is 41.1 Å². The molecule has 0 spiro atoms. The zero-order valence-corrected chi connectivity index (χ0v) is 12.3. The number of rotatable bonds is 4. The van der Waals surface area contributed by atoms with E-state index in [4.69, 9.17) is 0 Å². The van der Waals surface area contributed by atoms with Gasteiger partial charge >= 0.3 is 0 Å². The Morgan fingerprint density at radius 3 is 2.50 bits per heavy atom. The molecule has 0 aliphatic heterocycles. The summed E-state index contributed by atoms with van der Waals surface area (Å²) in [5.41, 5.74) is 1.68. The second-order valence-corrected chi connectivity index (χ2v) is 6.26. The van der Waals surface area contributed by atoms with Gasteiger partial charge in [0.2, 0.25) is 0 Å². The van der Waals surface area contributed by atoms with Crippen molar-refractivity contribution in [3.63, 3.8) is 0 Å². The van der Waals surface area contributed by atoms with Crippen LogP contribution in [0.4, 0.5) is 5.69 Å². The Labute approximate surface area is 118 Å². The third kappa shape index (κ3) is 3.34. The molecule has 2 N–H and O–H groups in total. The summed E-state index contributed by atoms with van der Waals surface area (Å²) in [6, 6.07) is 11.6. The average Bonchev–Trinajstić information content (AvgIpc) is 2.82. The first-order chi connectivity index (χ1) is 8.69. The Morgan fingerprint density at radius 2 is 1.94 bits per heavy atom. The smallest absolute Gasteiger partial charge is 0.251 e. The lowest BCUT2D eigenvalue weighted by Crippen LogP contribution is -2.17. The van der Waals surface area contributed by atoms with Gasteiger partial charge in [0.1, 0.15) is 0 Å². The van der Waals surface area contributed by atoms with Gasteiger partial charge in [-0.05, 0) is 52.3 Å². The van der Waals surface area contributed by atoms with Gasteiger partial charge in [-0.15, -0.1) is 11.3 Å². The van der Waals surface area contributed by atoms with Crippen LogP contribution in [-0.4, -0.2) is 13.0 Å². The largest absolute Gasteiger partial charge is 0.380 e. The molecule has 0 aliphatic rings. The molecular formula is C13H13BrN2OS. The molecule has 0 unspecified atom stereocenters. The molecule has 1 amide bonds. The molecule has 0 radical (unpaired) electrons. The monoisotopic (exact) mass is 324 g/mol. The summed E-state index contributed by atoms with van der Waals surface area (Å²) >= 11 is 5.15. The number of nitrogens with one attached hydrogen (secondary N) is 2. The first-order valence-electron chi connectivity index (χ1n) is 5.49. The average molecular weight is 325 g/mol. The Balaban J connectivity index is 1.96. The lowest BCUT2D eigenvalue weighted by atomic mass is 10.2. The summed E-state index contributed by atoms with van der Waals surface area (Å²) in [5.74, 6) is -0.0660. The maximum atomic E-state index is 11.4. The van der Waals surface area contributed by atoms with E-state index >= 15 is 0 Å². The van der Waals surface area contributed by atoms with Crippen LogP contribution >= 0.6 is 27.3 Å². The fraction of sp³-hybridized carbons (Fsp3) is 0.154. The second kappa shape index (κ2) is 6.02. The van der Waals surface area contributed by atoms with Gasteiger partial charge in [0, 0.05) is 29.7 Å². The maximum absolute atomic E-state index is 11.4. The molecule has 1 aromatic heterocycles. The van der Waals surface area contributed by atoms with Crippen LogP contribution < -0.4 is 10.6 Å². The highest BCUT2D eigenvalue weighted by Gasteiger charge is 2.02. The number of carbonyl (C=O) groups excluding carboxylic acids is 1. The number of hydrogen-bond donors (Lipinski definition) is 2. The number of amides is 1. The zero-order chi connectivity index (χ0) is 13.0. The van der Waals surface area contributed by atoms with Crippen molar-refractivity contribution in [2.24, 2.45) is 0 Å². The van der Waals surface area contributed by atoms with E-state index in [-0.39, 0.29) is 5.91 Å². The molecule has 0 aliphatic carbocycles. The molecule has 0 saturated carbocycles. The summed E-state index contributed by atoms with van der Waals surface area (Å²) in [6.07, 6.45) is 0. The molecule has 0 atom stereocenters. The molecule has 1 aromatic carbocycles. The number of carbonyl (C=O) groups is 1. The molecular weight excluding hydrogens is 312 g/mol. The van der Waals surface area contributed by atoms with Crippen molar-refractivity contribution >= 4 is 38.9 Å². The highest BCUT2D eigenvalue weighted by molar-refractivity contribution is 9.11. The zero-order valence-electron chi connectivity index (χ0n) is 9.87. The summed E-state index contributed by atoms with van der Waals surface area (Å²) in [7, 11) is 1.63. The molecule has 2 rings (SSSR count). The molecule has 0 fully saturated rings. The van der Waals surface area contributed by atoms with E-state index in [1.165, 1.54) is 4.88 Å². The van der Waals surface area contributed by atoms with E-state index in [9.17, 15) is 4.79 Å². The molecule has 1 heterocycles. The third-order valence-electron chi connectivity index (χ3n) is 2.47. The minimum atomic E-state index is -0.0660. The standard InChI is InChI=1S/C13H13BrN2OS/c1-15-13(17)9-2-4-10(5-3-9)16-8-11-6-7-12(14)18-11/h2-7,16H,8H2,1H3,(H,15,17). The number of anilines is 1. The quantitative estimate of drug-likeness (QED) is 0.904. The van der Waals surface area contributed by atoms with E-state index < -0.39 is 0 Å². The van der Waals surface area contributed by atoms with Gasteiger partial charge in [0.15, 0.2) is 0 Å². The van der Waals surface area contributed by atoms with Crippen molar-refractivity contribution in [3.05, 3.63) is 50.6 Å². The molecule has 2 aromatic rings.